The van der Waals surface area contributed by atoms with E-state index in [2.05, 4.69) is 15.0 Å². The zero-order chi connectivity index (χ0) is 22.8. The molecule has 4 N–H and O–H groups in total. The summed E-state index contributed by atoms with van der Waals surface area (Å²) in [7, 11) is -1.50. The molecular weight excluding hydrogens is 421 g/mol. The fourth-order valence-corrected chi connectivity index (χ4v) is 4.59. The Labute approximate surface area is 180 Å². The number of nitrogens with one attached hydrogen (secondary N) is 2. The highest BCUT2D eigenvalue weighted by Gasteiger charge is 2.24. The molecule has 2 aromatic rings. The summed E-state index contributed by atoms with van der Waals surface area (Å²) in [5.74, 6) is -0.632. The van der Waals surface area contributed by atoms with Crippen molar-refractivity contribution in [1.29, 1.82) is 10.8 Å². The molecule has 1 aliphatic rings. The lowest BCUT2D eigenvalue weighted by Crippen LogP contribution is -2.40. The van der Waals surface area contributed by atoms with Gasteiger partial charge in [0.2, 0.25) is 0 Å². The van der Waals surface area contributed by atoms with Gasteiger partial charge in [0.15, 0.2) is 9.84 Å². The first-order chi connectivity index (χ1) is 14.7. The van der Waals surface area contributed by atoms with Crippen molar-refractivity contribution in [2.45, 2.75) is 12.8 Å². The number of aromatic nitrogens is 2. The first-order valence-electron chi connectivity index (χ1n) is 9.56. The Morgan fingerprint density at radius 1 is 1.32 bits per heavy atom. The molecule has 0 radical (unpaired) electrons. The molecule has 0 spiro atoms. The van der Waals surface area contributed by atoms with Gasteiger partial charge >= 0.3 is 0 Å². The molecule has 1 aliphatic heterocycles. The van der Waals surface area contributed by atoms with Crippen molar-refractivity contribution in [2.75, 3.05) is 42.3 Å². The van der Waals surface area contributed by atoms with E-state index in [-0.39, 0.29) is 45.3 Å². The Morgan fingerprint density at radius 3 is 2.61 bits per heavy atom. The second-order valence-electron chi connectivity index (χ2n) is 7.24. The molecule has 1 saturated heterocycles. The van der Waals surface area contributed by atoms with Crippen LogP contribution in [0.15, 0.2) is 23.5 Å². The quantitative estimate of drug-likeness (QED) is 0.454. The Balaban J connectivity index is 2.00. The average molecular weight is 446 g/mol. The molecule has 0 saturated carbocycles. The number of nitrogens with zero attached hydrogens (tertiary/aromatic N) is 4. The summed E-state index contributed by atoms with van der Waals surface area (Å²) >= 11 is 0. The van der Waals surface area contributed by atoms with E-state index in [0.717, 1.165) is 6.21 Å². The molecule has 1 fully saturated rings. The third-order valence-electron chi connectivity index (χ3n) is 5.27. The van der Waals surface area contributed by atoms with Crippen LogP contribution in [0.5, 0.6) is 0 Å². The molecule has 1 aromatic carbocycles. The van der Waals surface area contributed by atoms with Gasteiger partial charge in [0.25, 0.3) is 0 Å². The average Bonchev–Trinajstić information content (AvgIpc) is 2.76. The molecule has 0 aliphatic carbocycles. The van der Waals surface area contributed by atoms with Crippen molar-refractivity contribution >= 4 is 39.5 Å². The van der Waals surface area contributed by atoms with Crippen molar-refractivity contribution in [3.63, 3.8) is 0 Å². The summed E-state index contributed by atoms with van der Waals surface area (Å²) < 4.78 is 38.2. The van der Waals surface area contributed by atoms with E-state index in [9.17, 15) is 12.8 Å². The van der Waals surface area contributed by atoms with Gasteiger partial charge in [-0.05, 0) is 13.0 Å². The lowest BCUT2D eigenvalue weighted by Gasteiger charge is -2.27. The van der Waals surface area contributed by atoms with E-state index in [1.54, 1.807) is 6.07 Å². The first-order valence-corrected chi connectivity index (χ1v) is 11.4. The van der Waals surface area contributed by atoms with Gasteiger partial charge in [-0.2, -0.15) is 0 Å². The maximum atomic E-state index is 14.8. The maximum Gasteiger partial charge on any atom is 0.153 e. The van der Waals surface area contributed by atoms with Crippen molar-refractivity contribution in [3.8, 4) is 0 Å². The number of halogens is 1. The van der Waals surface area contributed by atoms with Crippen molar-refractivity contribution in [1.82, 2.24) is 9.97 Å². The van der Waals surface area contributed by atoms with Gasteiger partial charge in [0.1, 0.15) is 18.0 Å². The molecule has 0 amide bonds. The molecule has 164 valence electrons. The number of rotatable bonds is 6. The molecule has 1 unspecified atom stereocenters. The number of aliphatic imine (C=N–C) groups is 1. The zero-order valence-electron chi connectivity index (χ0n) is 17.3. The summed E-state index contributed by atoms with van der Waals surface area (Å²) in [6, 6.07) is 3.05. The molecule has 9 nitrogen and oxygen atoms in total. The van der Waals surface area contributed by atoms with E-state index in [1.165, 1.54) is 32.6 Å². The fourth-order valence-electron chi connectivity index (χ4n) is 3.39. The van der Waals surface area contributed by atoms with E-state index >= 15 is 0 Å². The Kier molecular flexibility index (Phi) is 6.44. The molecule has 11 heteroatoms. The number of hydrogen-bond donors (Lipinski definition) is 3. The summed E-state index contributed by atoms with van der Waals surface area (Å²) in [4.78, 5) is 14.1. The van der Waals surface area contributed by atoms with Crippen LogP contribution in [0.4, 0.5) is 15.9 Å². The number of anilines is 2. The summed E-state index contributed by atoms with van der Waals surface area (Å²) in [5, 5.41) is 16.2. The Hall–Kier alpha value is -3.21. The van der Waals surface area contributed by atoms with E-state index in [0.29, 0.717) is 18.9 Å². The number of benzene rings is 1. The van der Waals surface area contributed by atoms with Crippen molar-refractivity contribution < 1.29 is 12.8 Å². The number of nitrogen functional groups attached to an aromatic ring is 1. The van der Waals surface area contributed by atoms with Crippen LogP contribution in [-0.2, 0) is 9.84 Å². The monoisotopic (exact) mass is 445 g/mol. The minimum absolute atomic E-state index is 0.0210. The summed E-state index contributed by atoms with van der Waals surface area (Å²) in [5.41, 5.74) is 7.17. The minimum atomic E-state index is -3.04. The van der Waals surface area contributed by atoms with Crippen LogP contribution in [0.3, 0.4) is 0 Å². The molecule has 1 atom stereocenters. The Morgan fingerprint density at radius 2 is 2.00 bits per heavy atom. The molecule has 2 heterocycles. The molecule has 1 aromatic heterocycles. The normalized spacial score (nSPS) is 16.9. The van der Waals surface area contributed by atoms with Crippen molar-refractivity contribution in [2.24, 2.45) is 4.99 Å². The SMILES string of the molecule is CN=CC(C=N)c1cc(C(=N)c2cc(N3CCS(=O)(=O)CC3)ncn2)c(N)c(C)c1F. The lowest BCUT2D eigenvalue weighted by molar-refractivity contribution is 0.586. The van der Waals surface area contributed by atoms with Gasteiger partial charge in [0.05, 0.1) is 28.8 Å². The smallest absolute Gasteiger partial charge is 0.153 e. The van der Waals surface area contributed by atoms with Crippen molar-refractivity contribution in [3.05, 3.63) is 46.7 Å². The highest BCUT2D eigenvalue weighted by molar-refractivity contribution is 7.91. The minimum Gasteiger partial charge on any atom is -0.398 e. The van der Waals surface area contributed by atoms with E-state index in [4.69, 9.17) is 16.6 Å². The third-order valence-corrected chi connectivity index (χ3v) is 6.88. The third kappa shape index (κ3) is 4.61. The van der Waals surface area contributed by atoms with Gasteiger partial charge in [-0.3, -0.25) is 10.4 Å². The fraction of sp³-hybridized carbons (Fsp3) is 0.350. The largest absolute Gasteiger partial charge is 0.398 e. The van der Waals surface area contributed by atoms with Gasteiger partial charge in [-0.15, -0.1) is 0 Å². The molecule has 3 rings (SSSR count). The van der Waals surface area contributed by atoms with E-state index < -0.39 is 21.6 Å². The predicted octanol–water partition coefficient (Wildman–Crippen LogP) is 1.59. The van der Waals surface area contributed by atoms with Crippen LogP contribution in [0.2, 0.25) is 0 Å². The van der Waals surface area contributed by atoms with E-state index in [1.807, 2.05) is 4.90 Å². The van der Waals surface area contributed by atoms with Gasteiger partial charge in [0, 0.05) is 61.0 Å². The standard InChI is InChI=1S/C20H24FN7O2S/c1-12-18(21)14(13(9-22)10-25-2)7-15(19(12)23)20(24)16-8-17(27-11-26-16)28-3-5-31(29,30)6-4-28/h7-11,13,22,24H,3-6,23H2,1-2H3. The second-order valence-corrected chi connectivity index (χ2v) is 9.54. The number of sulfone groups is 1. The lowest BCUT2D eigenvalue weighted by atomic mass is 9.92. The molecule has 0 bridgehead atoms. The van der Waals surface area contributed by atoms with Gasteiger partial charge < -0.3 is 16.0 Å². The van der Waals surface area contributed by atoms with Crippen LogP contribution in [0.25, 0.3) is 0 Å². The molecule has 31 heavy (non-hydrogen) atoms. The summed E-state index contributed by atoms with van der Waals surface area (Å²) in [6.07, 6.45) is 3.82. The van der Waals surface area contributed by atoms with Crippen LogP contribution in [0, 0.1) is 23.6 Å². The van der Waals surface area contributed by atoms with Gasteiger partial charge in [-0.25, -0.2) is 22.8 Å². The maximum absolute atomic E-state index is 14.8. The molecular formula is C20H24FN7O2S. The number of nitrogens with two attached hydrogens (primary N) is 1. The predicted molar refractivity (Wildman–Crippen MR) is 120 cm³/mol. The van der Waals surface area contributed by atoms with Crippen LogP contribution in [-0.4, -0.2) is 68.2 Å². The van der Waals surface area contributed by atoms with Crippen LogP contribution >= 0.6 is 0 Å². The highest BCUT2D eigenvalue weighted by Crippen LogP contribution is 2.29. The second kappa shape index (κ2) is 8.88. The van der Waals surface area contributed by atoms with Gasteiger partial charge in [-0.1, -0.05) is 0 Å². The highest BCUT2D eigenvalue weighted by atomic mass is 32.2. The zero-order valence-corrected chi connectivity index (χ0v) is 18.1. The van der Waals surface area contributed by atoms with Crippen LogP contribution < -0.4 is 10.6 Å². The number of hydrogen-bond acceptors (Lipinski definition) is 9. The Bertz CT molecular complexity index is 1150. The first kappa shape index (κ1) is 22.5. The van der Waals surface area contributed by atoms with Crippen LogP contribution in [0.1, 0.15) is 28.3 Å². The summed E-state index contributed by atoms with van der Waals surface area (Å²) in [6.45, 7) is 2.14. The topological polar surface area (TPSA) is 149 Å².